The van der Waals surface area contributed by atoms with Gasteiger partial charge in [0.25, 0.3) is 5.91 Å². The first-order valence-corrected chi connectivity index (χ1v) is 9.79. The minimum Gasteiger partial charge on any atom is -0.483 e. The van der Waals surface area contributed by atoms with Crippen molar-refractivity contribution in [2.24, 2.45) is 0 Å². The summed E-state index contributed by atoms with van der Waals surface area (Å²) in [5.74, 6) is 1.05. The summed E-state index contributed by atoms with van der Waals surface area (Å²) in [4.78, 5) is 23.8. The molecule has 5 nitrogen and oxygen atoms in total. The van der Waals surface area contributed by atoms with Crippen molar-refractivity contribution in [1.82, 2.24) is 5.32 Å². The second-order valence-electron chi connectivity index (χ2n) is 7.72. The Labute approximate surface area is 166 Å². The predicted octanol–water partition coefficient (Wildman–Crippen LogP) is 4.26. The first-order valence-electron chi connectivity index (χ1n) is 9.79. The first-order chi connectivity index (χ1) is 13.3. The van der Waals surface area contributed by atoms with E-state index in [2.05, 4.69) is 36.6 Å². The van der Waals surface area contributed by atoms with E-state index >= 15 is 0 Å². The molecule has 0 bridgehead atoms. The highest BCUT2D eigenvalue weighted by Crippen LogP contribution is 2.26. The van der Waals surface area contributed by atoms with E-state index in [0.717, 1.165) is 34.5 Å². The molecule has 0 aromatic heterocycles. The minimum atomic E-state index is -0.159. The van der Waals surface area contributed by atoms with Crippen molar-refractivity contribution >= 4 is 17.5 Å². The molecule has 3 rings (SSSR count). The van der Waals surface area contributed by atoms with Gasteiger partial charge in [0.15, 0.2) is 6.61 Å². The van der Waals surface area contributed by atoms with Crippen LogP contribution in [0.2, 0.25) is 0 Å². The number of anilines is 1. The van der Waals surface area contributed by atoms with Crippen molar-refractivity contribution in [3.63, 3.8) is 0 Å². The van der Waals surface area contributed by atoms with Crippen molar-refractivity contribution in [2.45, 2.75) is 52.5 Å². The smallest absolute Gasteiger partial charge is 0.258 e. The zero-order valence-corrected chi connectivity index (χ0v) is 17.0. The molecule has 0 radical (unpaired) electrons. The standard InChI is InChI=1S/C23H28N2O3/c1-14(2)17-6-5-15(3)21(12-17)28-13-23(27)24-16(4)18-7-9-20-19(11-18)8-10-22(26)25-20/h5-7,9,11-12,14,16H,8,10,13H2,1-4H3,(H,24,27)(H,25,26). The van der Waals surface area contributed by atoms with E-state index < -0.39 is 0 Å². The molecule has 1 atom stereocenters. The lowest BCUT2D eigenvalue weighted by atomic mass is 9.98. The molecule has 0 aliphatic carbocycles. The van der Waals surface area contributed by atoms with Gasteiger partial charge in [-0.05, 0) is 60.6 Å². The van der Waals surface area contributed by atoms with E-state index in [1.807, 2.05) is 38.1 Å². The molecule has 148 valence electrons. The summed E-state index contributed by atoms with van der Waals surface area (Å²) in [6, 6.07) is 11.9. The topological polar surface area (TPSA) is 67.4 Å². The number of fused-ring (bicyclic) bond motifs is 1. The van der Waals surface area contributed by atoms with Gasteiger partial charge in [0, 0.05) is 12.1 Å². The van der Waals surface area contributed by atoms with E-state index in [0.29, 0.717) is 12.3 Å². The highest BCUT2D eigenvalue weighted by Gasteiger charge is 2.17. The zero-order valence-electron chi connectivity index (χ0n) is 17.0. The quantitative estimate of drug-likeness (QED) is 0.787. The Hall–Kier alpha value is -2.82. The molecule has 2 amide bonds. The van der Waals surface area contributed by atoms with Crippen LogP contribution in [0.4, 0.5) is 5.69 Å². The SMILES string of the molecule is Cc1ccc(C(C)C)cc1OCC(=O)NC(C)c1ccc2c(c1)CCC(=O)N2. The summed E-state index contributed by atoms with van der Waals surface area (Å²) in [5, 5.41) is 5.86. The molecule has 1 unspecified atom stereocenters. The molecule has 0 saturated heterocycles. The molecule has 5 heteroatoms. The van der Waals surface area contributed by atoms with E-state index in [9.17, 15) is 9.59 Å². The number of carbonyl (C=O) groups excluding carboxylic acids is 2. The van der Waals surface area contributed by atoms with Crippen LogP contribution in [0.3, 0.4) is 0 Å². The Morgan fingerprint density at radius 2 is 1.86 bits per heavy atom. The van der Waals surface area contributed by atoms with Gasteiger partial charge in [0.05, 0.1) is 6.04 Å². The maximum atomic E-state index is 12.4. The number of rotatable bonds is 6. The summed E-state index contributed by atoms with van der Waals surface area (Å²) in [6.07, 6.45) is 1.23. The van der Waals surface area contributed by atoms with Crippen LogP contribution < -0.4 is 15.4 Å². The maximum absolute atomic E-state index is 12.4. The lowest BCUT2D eigenvalue weighted by molar-refractivity contribution is -0.123. The Kier molecular flexibility index (Phi) is 6.02. The molecule has 0 spiro atoms. The van der Waals surface area contributed by atoms with E-state index in [1.54, 1.807) is 0 Å². The van der Waals surface area contributed by atoms with Crippen LogP contribution in [0.5, 0.6) is 5.75 Å². The second kappa shape index (κ2) is 8.46. The van der Waals surface area contributed by atoms with Crippen molar-refractivity contribution in [3.05, 3.63) is 58.7 Å². The number of aryl methyl sites for hydroxylation is 2. The van der Waals surface area contributed by atoms with Gasteiger partial charge >= 0.3 is 0 Å². The van der Waals surface area contributed by atoms with Crippen molar-refractivity contribution in [3.8, 4) is 5.75 Å². The Morgan fingerprint density at radius 3 is 2.61 bits per heavy atom. The summed E-state index contributed by atoms with van der Waals surface area (Å²) < 4.78 is 5.77. The summed E-state index contributed by atoms with van der Waals surface area (Å²) >= 11 is 0. The minimum absolute atomic E-state index is 0.0201. The van der Waals surface area contributed by atoms with Gasteiger partial charge in [-0.15, -0.1) is 0 Å². The maximum Gasteiger partial charge on any atom is 0.258 e. The van der Waals surface area contributed by atoms with Gasteiger partial charge in [0.1, 0.15) is 5.75 Å². The molecule has 1 heterocycles. The number of nitrogens with one attached hydrogen (secondary N) is 2. The third-order valence-electron chi connectivity index (χ3n) is 5.14. The van der Waals surface area contributed by atoms with Crippen molar-refractivity contribution in [2.75, 3.05) is 11.9 Å². The Balaban J connectivity index is 1.59. The van der Waals surface area contributed by atoms with Gasteiger partial charge in [0.2, 0.25) is 5.91 Å². The normalized spacial score (nSPS) is 14.2. The van der Waals surface area contributed by atoms with Gasteiger partial charge in [-0.25, -0.2) is 0 Å². The molecule has 2 N–H and O–H groups in total. The predicted molar refractivity (Wildman–Crippen MR) is 111 cm³/mol. The summed E-state index contributed by atoms with van der Waals surface area (Å²) in [6.45, 7) is 8.17. The molecule has 0 fully saturated rings. The fourth-order valence-electron chi connectivity index (χ4n) is 3.31. The van der Waals surface area contributed by atoms with Crippen LogP contribution in [-0.2, 0) is 16.0 Å². The highest BCUT2D eigenvalue weighted by molar-refractivity contribution is 5.93. The van der Waals surface area contributed by atoms with Crippen LogP contribution in [0.25, 0.3) is 0 Å². The van der Waals surface area contributed by atoms with Crippen LogP contribution in [0.15, 0.2) is 36.4 Å². The summed E-state index contributed by atoms with van der Waals surface area (Å²) in [7, 11) is 0. The Morgan fingerprint density at radius 1 is 1.11 bits per heavy atom. The molecule has 2 aromatic rings. The first kappa shape index (κ1) is 19.9. The molecule has 2 aromatic carbocycles. The summed E-state index contributed by atoms with van der Waals surface area (Å²) in [5.41, 5.74) is 5.19. The van der Waals surface area contributed by atoms with E-state index in [4.69, 9.17) is 4.74 Å². The van der Waals surface area contributed by atoms with Crippen LogP contribution in [0, 0.1) is 6.92 Å². The number of ether oxygens (including phenoxy) is 1. The number of carbonyl (C=O) groups is 2. The largest absolute Gasteiger partial charge is 0.483 e. The fourth-order valence-corrected chi connectivity index (χ4v) is 3.31. The molecule has 1 aliphatic rings. The lowest BCUT2D eigenvalue weighted by Gasteiger charge is -2.20. The number of benzene rings is 2. The molecule has 28 heavy (non-hydrogen) atoms. The van der Waals surface area contributed by atoms with E-state index in [1.165, 1.54) is 5.56 Å². The van der Waals surface area contributed by atoms with Crippen molar-refractivity contribution < 1.29 is 14.3 Å². The fraction of sp³-hybridized carbons (Fsp3) is 0.391. The monoisotopic (exact) mass is 380 g/mol. The van der Waals surface area contributed by atoms with Crippen LogP contribution >= 0.6 is 0 Å². The lowest BCUT2D eigenvalue weighted by Crippen LogP contribution is -2.31. The number of hydrogen-bond donors (Lipinski definition) is 2. The van der Waals surface area contributed by atoms with Gasteiger partial charge in [-0.1, -0.05) is 38.1 Å². The highest BCUT2D eigenvalue weighted by atomic mass is 16.5. The average Bonchev–Trinajstić information content (AvgIpc) is 2.66. The zero-order chi connectivity index (χ0) is 20.3. The number of hydrogen-bond acceptors (Lipinski definition) is 3. The van der Waals surface area contributed by atoms with Gasteiger partial charge in [-0.2, -0.15) is 0 Å². The molecular formula is C23H28N2O3. The third kappa shape index (κ3) is 4.71. The molecule has 0 saturated carbocycles. The molecule has 1 aliphatic heterocycles. The Bertz CT molecular complexity index is 889. The second-order valence-corrected chi connectivity index (χ2v) is 7.72. The van der Waals surface area contributed by atoms with E-state index in [-0.39, 0.29) is 24.5 Å². The van der Waals surface area contributed by atoms with Crippen molar-refractivity contribution in [1.29, 1.82) is 0 Å². The van der Waals surface area contributed by atoms with Crippen LogP contribution in [0.1, 0.15) is 61.4 Å². The van der Waals surface area contributed by atoms with Gasteiger partial charge in [-0.3, -0.25) is 9.59 Å². The number of amides is 2. The average molecular weight is 380 g/mol. The van der Waals surface area contributed by atoms with Crippen LogP contribution in [-0.4, -0.2) is 18.4 Å². The molecular weight excluding hydrogens is 352 g/mol. The van der Waals surface area contributed by atoms with Gasteiger partial charge < -0.3 is 15.4 Å². The third-order valence-corrected chi connectivity index (χ3v) is 5.14.